The van der Waals surface area contributed by atoms with Crippen LogP contribution < -0.4 is 20.8 Å². The second-order valence-corrected chi connectivity index (χ2v) is 7.55. The average Bonchev–Trinajstić information content (AvgIpc) is 2.82. The SMILES string of the molecule is N#CC1=C(N)Oc2cc(OC(=O)c3cc4ccccc4oc3=O)ccc2C1c1cccc(F)c1. The van der Waals surface area contributed by atoms with Crippen molar-refractivity contribution in [2.45, 2.75) is 5.92 Å². The van der Waals surface area contributed by atoms with Crippen LogP contribution in [0.2, 0.25) is 0 Å². The minimum Gasteiger partial charge on any atom is -0.440 e. The number of benzene rings is 3. The van der Waals surface area contributed by atoms with Gasteiger partial charge in [-0.05, 0) is 35.9 Å². The zero-order chi connectivity index (χ0) is 23.8. The van der Waals surface area contributed by atoms with Crippen molar-refractivity contribution in [3.05, 3.63) is 117 Å². The van der Waals surface area contributed by atoms with Gasteiger partial charge in [-0.2, -0.15) is 5.26 Å². The van der Waals surface area contributed by atoms with Gasteiger partial charge in [-0.1, -0.05) is 36.4 Å². The maximum atomic E-state index is 13.9. The predicted octanol–water partition coefficient (Wildman–Crippen LogP) is 4.37. The number of carbonyl (C=O) groups is 1. The van der Waals surface area contributed by atoms with E-state index in [2.05, 4.69) is 0 Å². The highest BCUT2D eigenvalue weighted by atomic mass is 19.1. The molecule has 2 heterocycles. The van der Waals surface area contributed by atoms with Gasteiger partial charge in [-0.3, -0.25) is 0 Å². The highest BCUT2D eigenvalue weighted by Gasteiger charge is 2.31. The fraction of sp³-hybridized carbons (Fsp3) is 0.0385. The van der Waals surface area contributed by atoms with E-state index in [-0.39, 0.29) is 28.5 Å². The Balaban J connectivity index is 1.50. The quantitative estimate of drug-likeness (QED) is 0.278. The van der Waals surface area contributed by atoms with Crippen LogP contribution in [0.15, 0.2) is 93.5 Å². The number of para-hydroxylation sites is 1. The summed E-state index contributed by atoms with van der Waals surface area (Å²) in [6, 6.07) is 20.6. The minimum atomic E-state index is -0.904. The summed E-state index contributed by atoms with van der Waals surface area (Å²) < 4.78 is 30.0. The van der Waals surface area contributed by atoms with E-state index in [1.165, 1.54) is 36.4 Å². The fourth-order valence-corrected chi connectivity index (χ4v) is 3.89. The summed E-state index contributed by atoms with van der Waals surface area (Å²) in [5, 5.41) is 10.2. The molecule has 0 saturated carbocycles. The normalized spacial score (nSPS) is 14.8. The van der Waals surface area contributed by atoms with Gasteiger partial charge in [0.1, 0.15) is 40.1 Å². The molecule has 2 N–H and O–H groups in total. The van der Waals surface area contributed by atoms with Crippen LogP contribution in [0.1, 0.15) is 27.4 Å². The van der Waals surface area contributed by atoms with Crippen molar-refractivity contribution in [3.63, 3.8) is 0 Å². The molecule has 1 aliphatic rings. The molecule has 7 nitrogen and oxygen atoms in total. The predicted molar refractivity (Wildman–Crippen MR) is 120 cm³/mol. The lowest BCUT2D eigenvalue weighted by molar-refractivity contribution is 0.0730. The number of nitrogens with zero attached hydrogens (tertiary/aromatic N) is 1. The van der Waals surface area contributed by atoms with E-state index < -0.39 is 23.3 Å². The first-order valence-corrected chi connectivity index (χ1v) is 10.2. The van der Waals surface area contributed by atoms with Crippen LogP contribution in [-0.4, -0.2) is 5.97 Å². The van der Waals surface area contributed by atoms with Crippen LogP contribution in [0.25, 0.3) is 11.0 Å². The Kier molecular flexibility index (Phi) is 5.07. The highest BCUT2D eigenvalue weighted by molar-refractivity contribution is 5.94. The summed E-state index contributed by atoms with van der Waals surface area (Å²) in [7, 11) is 0. The van der Waals surface area contributed by atoms with Gasteiger partial charge >= 0.3 is 11.6 Å². The number of halogens is 1. The molecule has 0 amide bonds. The van der Waals surface area contributed by atoms with E-state index in [1.54, 1.807) is 36.4 Å². The molecular weight excluding hydrogens is 439 g/mol. The zero-order valence-electron chi connectivity index (χ0n) is 17.4. The Morgan fingerprint density at radius 3 is 2.68 bits per heavy atom. The molecular formula is C26H15FN2O5. The number of carbonyl (C=O) groups excluding carboxylic acids is 1. The number of hydrogen-bond donors (Lipinski definition) is 1. The Morgan fingerprint density at radius 2 is 1.88 bits per heavy atom. The molecule has 0 saturated heterocycles. The number of hydrogen-bond acceptors (Lipinski definition) is 7. The third-order valence-corrected chi connectivity index (χ3v) is 5.44. The molecule has 166 valence electrons. The van der Waals surface area contributed by atoms with Crippen molar-refractivity contribution >= 4 is 16.9 Å². The Labute approximate surface area is 192 Å². The molecule has 1 aromatic heterocycles. The van der Waals surface area contributed by atoms with Gasteiger partial charge in [0.05, 0.1) is 5.92 Å². The molecule has 1 atom stereocenters. The molecule has 0 bridgehead atoms. The molecule has 0 aliphatic carbocycles. The number of nitrogens with two attached hydrogens (primary N) is 1. The monoisotopic (exact) mass is 454 g/mol. The standard InChI is InChI=1S/C26H15FN2O5/c27-16-6-3-5-15(10-16)23-18-9-8-17(12-22(18)33-24(29)20(23)13-28)32-25(30)19-11-14-4-1-2-7-21(14)34-26(19)31/h1-12,23H,29H2. The summed E-state index contributed by atoms with van der Waals surface area (Å²) in [4.78, 5) is 25.0. The maximum absolute atomic E-state index is 13.9. The molecule has 5 rings (SSSR count). The van der Waals surface area contributed by atoms with Crippen LogP contribution in [0, 0.1) is 17.1 Å². The lowest BCUT2D eigenvalue weighted by Crippen LogP contribution is -2.22. The number of fused-ring (bicyclic) bond motifs is 2. The van der Waals surface area contributed by atoms with Gasteiger partial charge in [0.2, 0.25) is 5.88 Å². The molecule has 3 aromatic carbocycles. The fourth-order valence-electron chi connectivity index (χ4n) is 3.89. The van der Waals surface area contributed by atoms with E-state index >= 15 is 0 Å². The highest BCUT2D eigenvalue weighted by Crippen LogP contribution is 2.43. The van der Waals surface area contributed by atoms with Crippen LogP contribution in [-0.2, 0) is 0 Å². The lowest BCUT2D eigenvalue weighted by atomic mass is 9.83. The van der Waals surface area contributed by atoms with Crippen molar-refractivity contribution in [1.29, 1.82) is 5.26 Å². The first kappa shape index (κ1) is 21.0. The Morgan fingerprint density at radius 1 is 1.06 bits per heavy atom. The minimum absolute atomic E-state index is 0.0857. The average molecular weight is 454 g/mol. The van der Waals surface area contributed by atoms with Gasteiger partial charge in [-0.15, -0.1) is 0 Å². The van der Waals surface area contributed by atoms with E-state index in [4.69, 9.17) is 19.6 Å². The molecule has 4 aromatic rings. The summed E-state index contributed by atoms with van der Waals surface area (Å²) in [6.07, 6.45) is 0. The lowest BCUT2D eigenvalue weighted by Gasteiger charge is -2.26. The molecule has 0 radical (unpaired) electrons. The summed E-state index contributed by atoms with van der Waals surface area (Å²) in [5.41, 5.74) is 6.42. The first-order chi connectivity index (χ1) is 16.4. The van der Waals surface area contributed by atoms with Gasteiger partial charge in [0.25, 0.3) is 0 Å². The van der Waals surface area contributed by atoms with Crippen LogP contribution in [0.3, 0.4) is 0 Å². The smallest absolute Gasteiger partial charge is 0.351 e. The third-order valence-electron chi connectivity index (χ3n) is 5.44. The molecule has 0 spiro atoms. The summed E-state index contributed by atoms with van der Waals surface area (Å²) >= 11 is 0. The van der Waals surface area contributed by atoms with Crippen molar-refractivity contribution in [2.75, 3.05) is 0 Å². The van der Waals surface area contributed by atoms with Gasteiger partial charge < -0.3 is 19.6 Å². The number of esters is 1. The van der Waals surface area contributed by atoms with Gasteiger partial charge in [0, 0.05) is 17.0 Å². The van der Waals surface area contributed by atoms with Crippen molar-refractivity contribution < 1.29 is 23.1 Å². The van der Waals surface area contributed by atoms with Crippen LogP contribution in [0.5, 0.6) is 11.5 Å². The summed E-state index contributed by atoms with van der Waals surface area (Å²) in [6.45, 7) is 0. The summed E-state index contributed by atoms with van der Waals surface area (Å²) in [5.74, 6) is -1.84. The second-order valence-electron chi connectivity index (χ2n) is 7.55. The number of ether oxygens (including phenoxy) is 2. The van der Waals surface area contributed by atoms with E-state index in [0.29, 0.717) is 22.1 Å². The van der Waals surface area contributed by atoms with Gasteiger partial charge in [0.15, 0.2) is 0 Å². The number of nitriles is 1. The molecule has 8 heteroatoms. The third kappa shape index (κ3) is 3.65. The largest absolute Gasteiger partial charge is 0.440 e. The van der Waals surface area contributed by atoms with E-state index in [0.717, 1.165) is 0 Å². The van der Waals surface area contributed by atoms with E-state index in [1.807, 2.05) is 6.07 Å². The number of allylic oxidation sites excluding steroid dienone is 1. The van der Waals surface area contributed by atoms with Crippen molar-refractivity contribution in [2.24, 2.45) is 5.73 Å². The Hall–Kier alpha value is -4.90. The molecule has 1 unspecified atom stereocenters. The van der Waals surface area contributed by atoms with Crippen LogP contribution >= 0.6 is 0 Å². The number of rotatable bonds is 3. The molecule has 34 heavy (non-hydrogen) atoms. The molecule has 0 fully saturated rings. The topological polar surface area (TPSA) is 116 Å². The van der Waals surface area contributed by atoms with Gasteiger partial charge in [-0.25, -0.2) is 14.0 Å². The Bertz CT molecular complexity index is 1600. The maximum Gasteiger partial charge on any atom is 0.351 e. The van der Waals surface area contributed by atoms with E-state index in [9.17, 15) is 19.2 Å². The van der Waals surface area contributed by atoms with Crippen molar-refractivity contribution in [1.82, 2.24) is 0 Å². The zero-order valence-corrected chi connectivity index (χ0v) is 17.4. The second kappa shape index (κ2) is 8.22. The first-order valence-electron chi connectivity index (χ1n) is 10.2. The molecule has 1 aliphatic heterocycles. The van der Waals surface area contributed by atoms with Crippen molar-refractivity contribution in [3.8, 4) is 17.6 Å². The van der Waals surface area contributed by atoms with Crippen LogP contribution in [0.4, 0.5) is 4.39 Å².